The lowest BCUT2D eigenvalue weighted by molar-refractivity contribution is -0.154. The number of carboxylic acid groups (broad SMARTS) is 1. The minimum Gasteiger partial charge on any atom is -0.479 e. The molecule has 0 saturated heterocycles. The second kappa shape index (κ2) is 7.01. The van der Waals surface area contributed by atoms with E-state index in [-0.39, 0.29) is 12.0 Å². The quantitative estimate of drug-likeness (QED) is 0.492. The van der Waals surface area contributed by atoms with E-state index in [1.165, 1.54) is 12.2 Å². The normalized spacial score (nSPS) is 14.6. The number of aliphatic carboxylic acids is 1. The summed E-state index contributed by atoms with van der Waals surface area (Å²) in [7, 11) is 0. The molecule has 16 heavy (non-hydrogen) atoms. The summed E-state index contributed by atoms with van der Waals surface area (Å²) in [6.45, 7) is 9.10. The fraction of sp³-hybridized carbons (Fsp3) is 0.462. The summed E-state index contributed by atoms with van der Waals surface area (Å²) in [5.74, 6) is -1.25. The molecule has 0 fully saturated rings. The molecule has 2 N–H and O–H groups in total. The Kier molecular flexibility index (Phi) is 6.42. The first kappa shape index (κ1) is 14.6. The molecule has 3 nitrogen and oxygen atoms in total. The van der Waals surface area contributed by atoms with E-state index >= 15 is 0 Å². The van der Waals surface area contributed by atoms with E-state index in [0.29, 0.717) is 6.42 Å². The van der Waals surface area contributed by atoms with E-state index in [4.69, 9.17) is 5.11 Å². The van der Waals surface area contributed by atoms with Gasteiger partial charge in [0.15, 0.2) is 5.60 Å². The molecule has 90 valence electrons. The predicted molar refractivity (Wildman–Crippen MR) is 65.2 cm³/mol. The first-order valence-corrected chi connectivity index (χ1v) is 5.43. The van der Waals surface area contributed by atoms with E-state index < -0.39 is 11.6 Å². The number of aliphatic hydroxyl groups is 1. The molecule has 1 atom stereocenters. The molecule has 0 unspecified atom stereocenters. The smallest absolute Gasteiger partial charge is 0.340 e. The SMILES string of the molecule is C=C/C=C\C(=C)[C@@](O)(CCCCC)C(=O)O. The molecule has 3 heteroatoms. The van der Waals surface area contributed by atoms with Crippen LogP contribution in [0.2, 0.25) is 0 Å². The Morgan fingerprint density at radius 2 is 2.06 bits per heavy atom. The Balaban J connectivity index is 4.67. The molecule has 0 aliphatic heterocycles. The van der Waals surface area contributed by atoms with Gasteiger partial charge in [-0.25, -0.2) is 4.79 Å². The highest BCUT2D eigenvalue weighted by Gasteiger charge is 2.37. The Labute approximate surface area is 96.8 Å². The average Bonchev–Trinajstić information content (AvgIpc) is 2.25. The van der Waals surface area contributed by atoms with Crippen molar-refractivity contribution < 1.29 is 15.0 Å². The maximum Gasteiger partial charge on any atom is 0.340 e. The highest BCUT2D eigenvalue weighted by molar-refractivity contribution is 5.82. The van der Waals surface area contributed by atoms with Crippen LogP contribution in [0.5, 0.6) is 0 Å². The molecule has 0 saturated carbocycles. The number of carbonyl (C=O) groups is 1. The Morgan fingerprint density at radius 1 is 1.44 bits per heavy atom. The van der Waals surface area contributed by atoms with Crippen molar-refractivity contribution in [1.82, 2.24) is 0 Å². The zero-order chi connectivity index (χ0) is 12.6. The summed E-state index contributed by atoms with van der Waals surface area (Å²) in [5, 5.41) is 19.1. The fourth-order valence-corrected chi connectivity index (χ4v) is 1.36. The van der Waals surface area contributed by atoms with Crippen LogP contribution in [-0.2, 0) is 4.79 Å². The molecule has 0 radical (unpaired) electrons. The monoisotopic (exact) mass is 224 g/mol. The van der Waals surface area contributed by atoms with E-state index in [0.717, 1.165) is 12.8 Å². The maximum atomic E-state index is 11.0. The minimum absolute atomic E-state index is 0.191. The molecule has 0 spiro atoms. The number of unbranched alkanes of at least 4 members (excludes halogenated alkanes) is 2. The van der Waals surface area contributed by atoms with Gasteiger partial charge in [-0.05, 0) is 18.4 Å². The van der Waals surface area contributed by atoms with Gasteiger partial charge in [-0.2, -0.15) is 0 Å². The van der Waals surface area contributed by atoms with Crippen LogP contribution in [0.25, 0.3) is 0 Å². The summed E-state index contributed by atoms with van der Waals surface area (Å²) in [6.07, 6.45) is 7.29. The zero-order valence-electron chi connectivity index (χ0n) is 9.78. The van der Waals surface area contributed by atoms with Crippen LogP contribution in [0.1, 0.15) is 32.6 Å². The first-order chi connectivity index (χ1) is 7.49. The van der Waals surface area contributed by atoms with Crippen molar-refractivity contribution in [1.29, 1.82) is 0 Å². The van der Waals surface area contributed by atoms with Crippen LogP contribution in [0.15, 0.2) is 37.0 Å². The van der Waals surface area contributed by atoms with Crippen molar-refractivity contribution in [2.24, 2.45) is 0 Å². The topological polar surface area (TPSA) is 57.5 Å². The summed E-state index contributed by atoms with van der Waals surface area (Å²) in [4.78, 5) is 11.0. The number of carboxylic acids is 1. The molecule has 0 aliphatic carbocycles. The van der Waals surface area contributed by atoms with Crippen LogP contribution >= 0.6 is 0 Å². The molecule has 0 amide bonds. The summed E-state index contributed by atoms with van der Waals surface area (Å²) < 4.78 is 0. The van der Waals surface area contributed by atoms with E-state index in [9.17, 15) is 9.90 Å². The van der Waals surface area contributed by atoms with Crippen molar-refractivity contribution in [2.75, 3.05) is 0 Å². The van der Waals surface area contributed by atoms with Crippen molar-refractivity contribution in [3.63, 3.8) is 0 Å². The van der Waals surface area contributed by atoms with Crippen molar-refractivity contribution in [2.45, 2.75) is 38.2 Å². The van der Waals surface area contributed by atoms with Crippen LogP contribution < -0.4 is 0 Å². The number of hydrogen-bond acceptors (Lipinski definition) is 2. The molecule has 0 aromatic heterocycles. The van der Waals surface area contributed by atoms with Crippen LogP contribution in [0, 0.1) is 0 Å². The molecule has 0 aliphatic rings. The Morgan fingerprint density at radius 3 is 2.50 bits per heavy atom. The largest absolute Gasteiger partial charge is 0.479 e. The van der Waals surface area contributed by atoms with Crippen molar-refractivity contribution in [3.05, 3.63) is 37.0 Å². The predicted octanol–water partition coefficient (Wildman–Crippen LogP) is 2.68. The summed E-state index contributed by atoms with van der Waals surface area (Å²) in [6, 6.07) is 0. The van der Waals surface area contributed by atoms with Gasteiger partial charge in [0.1, 0.15) is 0 Å². The van der Waals surface area contributed by atoms with Gasteiger partial charge in [0.05, 0.1) is 0 Å². The average molecular weight is 224 g/mol. The third-order valence-corrected chi connectivity index (χ3v) is 2.46. The fourth-order valence-electron chi connectivity index (χ4n) is 1.36. The van der Waals surface area contributed by atoms with Gasteiger partial charge < -0.3 is 10.2 Å². The molecule has 0 aromatic carbocycles. The van der Waals surface area contributed by atoms with Gasteiger partial charge in [-0.1, -0.05) is 51.2 Å². The van der Waals surface area contributed by atoms with E-state index in [1.807, 2.05) is 6.92 Å². The Bertz CT molecular complexity index is 292. The summed E-state index contributed by atoms with van der Waals surface area (Å²) >= 11 is 0. The number of allylic oxidation sites excluding steroid dienone is 2. The lowest BCUT2D eigenvalue weighted by atomic mass is 9.88. The highest BCUT2D eigenvalue weighted by Crippen LogP contribution is 2.24. The molecule has 0 aromatic rings. The third kappa shape index (κ3) is 4.03. The number of hydrogen-bond donors (Lipinski definition) is 2. The van der Waals surface area contributed by atoms with Gasteiger partial charge in [0.2, 0.25) is 0 Å². The lowest BCUT2D eigenvalue weighted by Crippen LogP contribution is -2.39. The van der Waals surface area contributed by atoms with Gasteiger partial charge in [0, 0.05) is 0 Å². The third-order valence-electron chi connectivity index (χ3n) is 2.46. The van der Waals surface area contributed by atoms with Gasteiger partial charge in [-0.15, -0.1) is 0 Å². The van der Waals surface area contributed by atoms with E-state index in [1.54, 1.807) is 6.08 Å². The van der Waals surface area contributed by atoms with Gasteiger partial charge >= 0.3 is 5.97 Å². The first-order valence-electron chi connectivity index (χ1n) is 5.43. The second-order valence-electron chi connectivity index (χ2n) is 3.74. The molecular formula is C13H20O3. The second-order valence-corrected chi connectivity index (χ2v) is 3.74. The van der Waals surface area contributed by atoms with Crippen molar-refractivity contribution in [3.8, 4) is 0 Å². The Hall–Kier alpha value is -1.35. The summed E-state index contributed by atoms with van der Waals surface area (Å²) in [5.41, 5.74) is -1.66. The molecule has 0 rings (SSSR count). The molecule has 0 bridgehead atoms. The van der Waals surface area contributed by atoms with Gasteiger partial charge in [-0.3, -0.25) is 0 Å². The van der Waals surface area contributed by atoms with Crippen molar-refractivity contribution >= 4 is 5.97 Å². The lowest BCUT2D eigenvalue weighted by Gasteiger charge is -2.23. The maximum absolute atomic E-state index is 11.0. The minimum atomic E-state index is -1.85. The van der Waals surface area contributed by atoms with E-state index in [2.05, 4.69) is 13.2 Å². The zero-order valence-corrected chi connectivity index (χ0v) is 9.78. The number of rotatable bonds is 8. The molecular weight excluding hydrogens is 204 g/mol. The van der Waals surface area contributed by atoms with Crippen LogP contribution in [0.3, 0.4) is 0 Å². The highest BCUT2D eigenvalue weighted by atomic mass is 16.4. The molecule has 0 heterocycles. The standard InChI is InChI=1S/C13H20O3/c1-4-6-8-10-13(16,12(14)15)11(3)9-7-5-2/h5,7,9,16H,2-4,6,8,10H2,1H3,(H,14,15)/b9-7-/t13-/m0/s1. The van der Waals surface area contributed by atoms with Gasteiger partial charge in [0.25, 0.3) is 0 Å². The van der Waals surface area contributed by atoms with Crippen LogP contribution in [-0.4, -0.2) is 21.8 Å². The van der Waals surface area contributed by atoms with Crippen LogP contribution in [0.4, 0.5) is 0 Å².